The van der Waals surface area contributed by atoms with Gasteiger partial charge in [0, 0.05) is 50.4 Å². The van der Waals surface area contributed by atoms with Crippen LogP contribution in [0.15, 0.2) is 0 Å². The summed E-state index contributed by atoms with van der Waals surface area (Å²) in [5.74, 6) is -0.572. The largest absolute Gasteiger partial charge is 0.381 e. The Morgan fingerprint density at radius 3 is 2.03 bits per heavy atom. The molecule has 0 aromatic heterocycles. The van der Waals surface area contributed by atoms with Gasteiger partial charge in [-0.25, -0.2) is 0 Å². The van der Waals surface area contributed by atoms with Gasteiger partial charge in [-0.1, -0.05) is 55.7 Å². The molecule has 7 N–H and O–H groups in total. The molecule has 0 unspecified atom stereocenters. The van der Waals surface area contributed by atoms with Crippen LogP contribution in [0.2, 0.25) is 0 Å². The van der Waals surface area contributed by atoms with Crippen molar-refractivity contribution < 1.29 is 28.7 Å². The Hall–Kier alpha value is -1.99. The third-order valence-electron chi connectivity index (χ3n) is 6.67. The molecule has 0 aromatic carbocycles. The van der Waals surface area contributed by atoms with Gasteiger partial charge in [0.2, 0.25) is 29.5 Å². The van der Waals surface area contributed by atoms with Crippen molar-refractivity contribution in [2.24, 2.45) is 23.3 Å². The van der Waals surface area contributed by atoms with Gasteiger partial charge in [-0.3, -0.25) is 24.0 Å². The molecule has 39 heavy (non-hydrogen) atoms. The van der Waals surface area contributed by atoms with Crippen molar-refractivity contribution in [3.05, 3.63) is 0 Å². The number of nitrogens with two attached hydrogens (primary N) is 2. The van der Waals surface area contributed by atoms with E-state index in [-0.39, 0.29) is 30.1 Å². The molecule has 5 amide bonds. The number of carbonyl (C=O) groups excluding carboxylic acids is 5. The quantitative estimate of drug-likeness (QED) is 0.111. The van der Waals surface area contributed by atoms with Crippen molar-refractivity contribution in [1.82, 2.24) is 16.0 Å². The molecular formula is C26H47N5O6S2. The van der Waals surface area contributed by atoms with Crippen molar-refractivity contribution in [3.8, 4) is 0 Å². The van der Waals surface area contributed by atoms with Crippen molar-refractivity contribution >= 4 is 51.1 Å². The van der Waals surface area contributed by atoms with Crippen LogP contribution in [-0.2, 0) is 28.7 Å². The van der Waals surface area contributed by atoms with Crippen LogP contribution < -0.4 is 27.4 Å². The average molecular weight is 590 g/mol. The fraction of sp³-hybridized carbons (Fsp3) is 0.808. The lowest BCUT2D eigenvalue weighted by molar-refractivity contribution is -0.140. The summed E-state index contributed by atoms with van der Waals surface area (Å²) >= 11 is 0. The van der Waals surface area contributed by atoms with E-state index in [1.54, 1.807) is 21.6 Å². The predicted octanol–water partition coefficient (Wildman–Crippen LogP) is 1.63. The minimum Gasteiger partial charge on any atom is -0.381 e. The van der Waals surface area contributed by atoms with Gasteiger partial charge in [-0.05, 0) is 31.1 Å². The van der Waals surface area contributed by atoms with Crippen LogP contribution in [0.25, 0.3) is 0 Å². The van der Waals surface area contributed by atoms with Crippen LogP contribution in [0.5, 0.6) is 0 Å². The van der Waals surface area contributed by atoms with Crippen LogP contribution in [0, 0.1) is 11.8 Å². The molecule has 0 aromatic rings. The Labute approximate surface area is 240 Å². The van der Waals surface area contributed by atoms with Gasteiger partial charge in [0.25, 0.3) is 0 Å². The number of carbonyl (C=O) groups is 5. The van der Waals surface area contributed by atoms with Gasteiger partial charge in [-0.15, -0.1) is 0 Å². The molecule has 1 aliphatic rings. The third kappa shape index (κ3) is 13.3. The Balaban J connectivity index is 2.78. The first-order valence-electron chi connectivity index (χ1n) is 13.7. The maximum absolute atomic E-state index is 13.6. The number of amides is 5. The lowest BCUT2D eigenvalue weighted by Gasteiger charge is -2.38. The van der Waals surface area contributed by atoms with E-state index in [1.165, 1.54) is 0 Å². The Bertz CT molecular complexity index is 823. The highest BCUT2D eigenvalue weighted by atomic mass is 33.1. The standard InChI is InChI=1S/C26H47N5O6S2/c1-5-18(4)22(23(28)34)30-24(35)19(16-17(2)3)29-25(36)26(10-12-37-13-11-26)31-21(33)9-7-15-39-38-14-6-8-20(27)32/h17-19,22H,5-16H2,1-4H3,(H2,27,32)(H2,28,34)(H,29,36)(H,30,35)(H,31,33)/t18-,19-,22-/m0/s1. The first kappa shape index (κ1) is 35.0. The molecule has 13 heteroatoms. The lowest BCUT2D eigenvalue weighted by Crippen LogP contribution is -2.64. The highest BCUT2D eigenvalue weighted by Gasteiger charge is 2.43. The summed E-state index contributed by atoms with van der Waals surface area (Å²) in [6.45, 7) is 8.23. The molecule has 0 radical (unpaired) electrons. The minimum atomic E-state index is -1.18. The summed E-state index contributed by atoms with van der Waals surface area (Å²) in [5.41, 5.74) is 9.48. The second-order valence-corrected chi connectivity index (χ2v) is 13.2. The van der Waals surface area contributed by atoms with Crippen molar-refractivity contribution in [2.45, 2.75) is 96.7 Å². The summed E-state index contributed by atoms with van der Waals surface area (Å²) in [6.07, 6.45) is 3.58. The Morgan fingerprint density at radius 2 is 1.51 bits per heavy atom. The fourth-order valence-corrected chi connectivity index (χ4v) is 6.33. The second kappa shape index (κ2) is 18.4. The summed E-state index contributed by atoms with van der Waals surface area (Å²) in [7, 11) is 3.27. The van der Waals surface area contributed by atoms with E-state index in [9.17, 15) is 24.0 Å². The highest BCUT2D eigenvalue weighted by molar-refractivity contribution is 8.76. The molecule has 1 rings (SSSR count). The zero-order valence-corrected chi connectivity index (χ0v) is 25.3. The highest BCUT2D eigenvalue weighted by Crippen LogP contribution is 2.25. The van der Waals surface area contributed by atoms with Gasteiger partial charge >= 0.3 is 0 Å². The van der Waals surface area contributed by atoms with Crippen LogP contribution in [-0.4, -0.2) is 71.9 Å². The number of primary amides is 2. The van der Waals surface area contributed by atoms with E-state index in [1.807, 2.05) is 27.7 Å². The van der Waals surface area contributed by atoms with Gasteiger partial charge in [0.1, 0.15) is 17.6 Å². The zero-order valence-electron chi connectivity index (χ0n) is 23.7. The van der Waals surface area contributed by atoms with Crippen LogP contribution in [0.1, 0.15) is 79.1 Å². The normalized spacial score (nSPS) is 17.1. The summed E-state index contributed by atoms with van der Waals surface area (Å²) < 4.78 is 5.45. The van der Waals surface area contributed by atoms with Crippen molar-refractivity contribution in [2.75, 3.05) is 24.7 Å². The fourth-order valence-electron chi connectivity index (χ4n) is 4.16. The topological polar surface area (TPSA) is 183 Å². The molecule has 3 atom stereocenters. The van der Waals surface area contributed by atoms with Crippen LogP contribution in [0.3, 0.4) is 0 Å². The minimum absolute atomic E-state index is 0.0862. The zero-order chi connectivity index (χ0) is 29.4. The maximum atomic E-state index is 13.6. The molecular weight excluding hydrogens is 542 g/mol. The van der Waals surface area contributed by atoms with Gasteiger partial charge in [-0.2, -0.15) is 0 Å². The lowest BCUT2D eigenvalue weighted by atomic mass is 9.87. The van der Waals surface area contributed by atoms with Gasteiger partial charge < -0.3 is 32.2 Å². The number of hydrogen-bond donors (Lipinski definition) is 5. The van der Waals surface area contributed by atoms with Crippen LogP contribution in [0.4, 0.5) is 0 Å². The first-order chi connectivity index (χ1) is 18.4. The van der Waals surface area contributed by atoms with Crippen molar-refractivity contribution in [3.63, 3.8) is 0 Å². The number of hydrogen-bond acceptors (Lipinski definition) is 8. The van der Waals surface area contributed by atoms with E-state index >= 15 is 0 Å². The molecule has 1 heterocycles. The van der Waals surface area contributed by atoms with E-state index in [2.05, 4.69) is 16.0 Å². The van der Waals surface area contributed by atoms with E-state index in [0.29, 0.717) is 51.7 Å². The smallest absolute Gasteiger partial charge is 0.246 e. The molecule has 1 fully saturated rings. The van der Waals surface area contributed by atoms with Gasteiger partial charge in [0.15, 0.2) is 0 Å². The summed E-state index contributed by atoms with van der Waals surface area (Å²) in [5, 5.41) is 8.52. The average Bonchev–Trinajstić information content (AvgIpc) is 2.87. The Morgan fingerprint density at radius 1 is 0.923 bits per heavy atom. The first-order valence-corrected chi connectivity index (χ1v) is 16.2. The number of ether oxygens (including phenoxy) is 1. The van der Waals surface area contributed by atoms with E-state index in [0.717, 1.165) is 17.9 Å². The molecule has 0 spiro atoms. The summed E-state index contributed by atoms with van der Waals surface area (Å²) in [6, 6.07) is -1.73. The second-order valence-electron chi connectivity index (χ2n) is 10.5. The van der Waals surface area contributed by atoms with Crippen LogP contribution >= 0.6 is 21.6 Å². The number of rotatable bonds is 19. The number of nitrogens with one attached hydrogen (secondary N) is 3. The van der Waals surface area contributed by atoms with E-state index in [4.69, 9.17) is 16.2 Å². The van der Waals surface area contributed by atoms with Gasteiger partial charge in [0.05, 0.1) is 0 Å². The van der Waals surface area contributed by atoms with E-state index < -0.39 is 35.3 Å². The predicted molar refractivity (Wildman–Crippen MR) is 155 cm³/mol. The molecule has 0 aliphatic carbocycles. The molecule has 11 nitrogen and oxygen atoms in total. The molecule has 224 valence electrons. The monoisotopic (exact) mass is 589 g/mol. The molecule has 0 bridgehead atoms. The van der Waals surface area contributed by atoms with Crippen molar-refractivity contribution in [1.29, 1.82) is 0 Å². The SMILES string of the molecule is CC[C@H](C)[C@H](NC(=O)[C@H](CC(C)C)NC(=O)C1(NC(=O)CCCSSCCCC(N)=O)CCOCC1)C(N)=O. The third-order valence-corrected chi connectivity index (χ3v) is 9.25. The summed E-state index contributed by atoms with van der Waals surface area (Å²) in [4.78, 5) is 62.3. The maximum Gasteiger partial charge on any atom is 0.246 e. The molecule has 1 saturated heterocycles. The Kier molecular flexibility index (Phi) is 16.5. The molecule has 1 aliphatic heterocycles. The molecule has 0 saturated carbocycles.